The molecule has 0 aliphatic carbocycles. The van der Waals surface area contributed by atoms with Crippen molar-refractivity contribution in [3.05, 3.63) is 30.1 Å². The van der Waals surface area contributed by atoms with Gasteiger partial charge in [-0.2, -0.15) is 17.0 Å². The van der Waals surface area contributed by atoms with Crippen LogP contribution in [0.5, 0.6) is 5.75 Å². The van der Waals surface area contributed by atoms with Crippen LogP contribution in [-0.2, 0) is 15.0 Å². The fourth-order valence-electron chi connectivity index (χ4n) is 2.60. The molecule has 7 nitrogen and oxygen atoms in total. The quantitative estimate of drug-likeness (QED) is 0.719. The van der Waals surface area contributed by atoms with E-state index in [2.05, 4.69) is 5.32 Å². The molecule has 1 fully saturated rings. The number of carbonyl (C=O) groups excluding carboxylic acids is 1. The first-order chi connectivity index (χ1) is 11.8. The first kappa shape index (κ1) is 19.6. The van der Waals surface area contributed by atoms with Crippen molar-refractivity contribution in [2.24, 2.45) is 5.92 Å². The number of piperidine rings is 1. The first-order valence-corrected chi connectivity index (χ1v) is 9.54. The molecule has 0 radical (unpaired) electrons. The van der Waals surface area contributed by atoms with Crippen LogP contribution < -0.4 is 10.1 Å². The van der Waals surface area contributed by atoms with Crippen LogP contribution in [0.4, 0.5) is 4.39 Å². The Kier molecular flexibility index (Phi) is 6.74. The summed E-state index contributed by atoms with van der Waals surface area (Å²) in [4.78, 5) is 12.1. The summed E-state index contributed by atoms with van der Waals surface area (Å²) in [5, 5.41) is 2.79. The van der Waals surface area contributed by atoms with E-state index in [4.69, 9.17) is 4.74 Å². The van der Waals surface area contributed by atoms with Gasteiger partial charge in [0.15, 0.2) is 0 Å². The summed E-state index contributed by atoms with van der Waals surface area (Å²) in [5.74, 6) is -0.0786. The Balaban J connectivity index is 1.69. The lowest BCUT2D eigenvalue weighted by molar-refractivity contribution is -0.126. The molecule has 140 valence electrons. The molecule has 0 spiro atoms. The number of hydrogen-bond donors (Lipinski definition) is 1. The van der Waals surface area contributed by atoms with Gasteiger partial charge in [0.05, 0.1) is 6.54 Å². The fourth-order valence-corrected chi connectivity index (χ4v) is 3.73. The van der Waals surface area contributed by atoms with Crippen LogP contribution in [0.1, 0.15) is 12.8 Å². The highest BCUT2D eigenvalue weighted by Crippen LogP contribution is 2.20. The van der Waals surface area contributed by atoms with E-state index in [0.29, 0.717) is 38.2 Å². The van der Waals surface area contributed by atoms with Crippen LogP contribution in [0.2, 0.25) is 0 Å². The maximum atomic E-state index is 12.8. The molecule has 9 heteroatoms. The number of nitrogens with one attached hydrogen (secondary N) is 1. The van der Waals surface area contributed by atoms with Crippen molar-refractivity contribution >= 4 is 16.1 Å². The van der Waals surface area contributed by atoms with Crippen molar-refractivity contribution in [3.8, 4) is 5.75 Å². The molecule has 0 atom stereocenters. The summed E-state index contributed by atoms with van der Waals surface area (Å²) in [6.07, 6.45) is 0.995. The predicted molar refractivity (Wildman–Crippen MR) is 91.8 cm³/mol. The van der Waals surface area contributed by atoms with E-state index < -0.39 is 10.2 Å². The Bertz CT molecular complexity index is 671. The van der Waals surface area contributed by atoms with E-state index in [1.807, 2.05) is 0 Å². The largest absolute Gasteiger partial charge is 0.492 e. The highest BCUT2D eigenvalue weighted by Gasteiger charge is 2.31. The first-order valence-electron chi connectivity index (χ1n) is 8.14. The Morgan fingerprint density at radius 3 is 2.44 bits per heavy atom. The van der Waals surface area contributed by atoms with Crippen molar-refractivity contribution in [3.63, 3.8) is 0 Å². The van der Waals surface area contributed by atoms with Gasteiger partial charge in [0.25, 0.3) is 10.2 Å². The Labute approximate surface area is 147 Å². The molecule has 0 aromatic heterocycles. The summed E-state index contributed by atoms with van der Waals surface area (Å²) in [7, 11) is -0.425. The monoisotopic (exact) mass is 373 g/mol. The second-order valence-electron chi connectivity index (χ2n) is 6.06. The van der Waals surface area contributed by atoms with Crippen LogP contribution in [0, 0.1) is 11.7 Å². The molecule has 1 aliphatic heterocycles. The predicted octanol–water partition coefficient (Wildman–Crippen LogP) is 0.839. The number of halogens is 1. The van der Waals surface area contributed by atoms with Crippen molar-refractivity contribution in [2.75, 3.05) is 40.3 Å². The molecule has 1 aromatic carbocycles. The van der Waals surface area contributed by atoms with Gasteiger partial charge in [0, 0.05) is 33.1 Å². The van der Waals surface area contributed by atoms with Gasteiger partial charge >= 0.3 is 0 Å². The molecule has 1 aliphatic rings. The van der Waals surface area contributed by atoms with E-state index in [1.165, 1.54) is 47.0 Å². The Morgan fingerprint density at radius 2 is 1.88 bits per heavy atom. The van der Waals surface area contributed by atoms with E-state index in [9.17, 15) is 17.6 Å². The lowest BCUT2D eigenvalue weighted by Gasteiger charge is -2.32. The van der Waals surface area contributed by atoms with Crippen LogP contribution in [0.15, 0.2) is 24.3 Å². The summed E-state index contributed by atoms with van der Waals surface area (Å²) in [6, 6.07) is 5.67. The third kappa shape index (κ3) is 5.38. The van der Waals surface area contributed by atoms with Crippen LogP contribution in [0.25, 0.3) is 0 Å². The van der Waals surface area contributed by atoms with E-state index in [-0.39, 0.29) is 24.2 Å². The molecule has 1 heterocycles. The molecular formula is C16H24FN3O4S. The lowest BCUT2D eigenvalue weighted by Crippen LogP contribution is -2.47. The van der Waals surface area contributed by atoms with E-state index in [1.54, 1.807) is 0 Å². The van der Waals surface area contributed by atoms with Crippen molar-refractivity contribution < 1.29 is 22.3 Å². The SMILES string of the molecule is CN(C)S(=O)(=O)N1CCC(C(=O)NCCOc2ccc(F)cc2)CC1. The summed E-state index contributed by atoms with van der Waals surface area (Å²) >= 11 is 0. The lowest BCUT2D eigenvalue weighted by atomic mass is 9.97. The van der Waals surface area contributed by atoms with E-state index in [0.717, 1.165) is 0 Å². The standard InChI is InChI=1S/C16H24FN3O4S/c1-19(2)25(22,23)20-10-7-13(8-11-20)16(21)18-9-12-24-15-5-3-14(17)4-6-15/h3-6,13H,7-12H2,1-2H3,(H,18,21). The summed E-state index contributed by atoms with van der Waals surface area (Å²) in [6.45, 7) is 1.30. The molecule has 0 saturated carbocycles. The van der Waals surface area contributed by atoms with Gasteiger partial charge in [0.2, 0.25) is 5.91 Å². The van der Waals surface area contributed by atoms with Gasteiger partial charge in [-0.25, -0.2) is 4.39 Å². The number of nitrogens with zero attached hydrogens (tertiary/aromatic N) is 2. The highest BCUT2D eigenvalue weighted by molar-refractivity contribution is 7.86. The van der Waals surface area contributed by atoms with Crippen LogP contribution in [-0.4, -0.2) is 63.3 Å². The maximum Gasteiger partial charge on any atom is 0.281 e. The van der Waals surface area contributed by atoms with E-state index >= 15 is 0 Å². The average Bonchev–Trinajstić information content (AvgIpc) is 2.60. The zero-order valence-electron chi connectivity index (χ0n) is 14.4. The van der Waals surface area contributed by atoms with Crippen molar-refractivity contribution in [1.82, 2.24) is 13.9 Å². The summed E-state index contributed by atoms with van der Waals surface area (Å²) < 4.78 is 44.8. The smallest absolute Gasteiger partial charge is 0.281 e. The Hall–Kier alpha value is -1.71. The minimum Gasteiger partial charge on any atom is -0.492 e. The highest BCUT2D eigenvalue weighted by atomic mass is 32.2. The minimum atomic E-state index is -3.42. The normalized spacial score (nSPS) is 16.8. The Morgan fingerprint density at radius 1 is 1.28 bits per heavy atom. The molecule has 1 N–H and O–H groups in total. The molecular weight excluding hydrogens is 349 g/mol. The topological polar surface area (TPSA) is 79.0 Å². The third-order valence-corrected chi connectivity index (χ3v) is 6.04. The van der Waals surface area contributed by atoms with Crippen molar-refractivity contribution in [2.45, 2.75) is 12.8 Å². The summed E-state index contributed by atoms with van der Waals surface area (Å²) in [5.41, 5.74) is 0. The molecule has 0 bridgehead atoms. The fraction of sp³-hybridized carbons (Fsp3) is 0.562. The van der Waals surface area contributed by atoms with Gasteiger partial charge in [-0.1, -0.05) is 0 Å². The van der Waals surface area contributed by atoms with Gasteiger partial charge in [-0.3, -0.25) is 4.79 Å². The maximum absolute atomic E-state index is 12.8. The second kappa shape index (κ2) is 8.59. The molecule has 25 heavy (non-hydrogen) atoms. The van der Waals surface area contributed by atoms with Gasteiger partial charge in [0.1, 0.15) is 18.2 Å². The number of amides is 1. The van der Waals surface area contributed by atoms with Gasteiger partial charge < -0.3 is 10.1 Å². The third-order valence-electron chi connectivity index (χ3n) is 4.10. The second-order valence-corrected chi connectivity index (χ2v) is 8.20. The number of benzene rings is 1. The molecule has 1 aromatic rings. The number of carbonyl (C=O) groups is 1. The van der Waals surface area contributed by atoms with Crippen LogP contribution in [0.3, 0.4) is 0 Å². The van der Waals surface area contributed by atoms with Crippen molar-refractivity contribution in [1.29, 1.82) is 0 Å². The average molecular weight is 373 g/mol. The number of rotatable bonds is 7. The van der Waals surface area contributed by atoms with Crippen LogP contribution >= 0.6 is 0 Å². The zero-order valence-corrected chi connectivity index (χ0v) is 15.3. The van der Waals surface area contributed by atoms with Gasteiger partial charge in [-0.15, -0.1) is 0 Å². The number of hydrogen-bond acceptors (Lipinski definition) is 4. The zero-order chi connectivity index (χ0) is 18.4. The molecule has 0 unspecified atom stereocenters. The minimum absolute atomic E-state index is 0.0930. The molecule has 2 rings (SSSR count). The van der Waals surface area contributed by atoms with Gasteiger partial charge in [-0.05, 0) is 37.1 Å². The molecule has 1 amide bonds. The number of ether oxygens (including phenoxy) is 1. The molecule has 1 saturated heterocycles.